The average Bonchev–Trinajstić information content (AvgIpc) is 3.74. The predicted molar refractivity (Wildman–Crippen MR) is 183 cm³/mol. The first-order valence-corrected chi connectivity index (χ1v) is 16.4. The third-order valence-electron chi connectivity index (χ3n) is 8.41. The summed E-state index contributed by atoms with van der Waals surface area (Å²) in [6.07, 6.45) is 0. The van der Waals surface area contributed by atoms with Gasteiger partial charge in [0.2, 0.25) is 0 Å². The van der Waals surface area contributed by atoms with E-state index in [1.165, 1.54) is 94.7 Å². The van der Waals surface area contributed by atoms with Crippen molar-refractivity contribution in [3.63, 3.8) is 0 Å². The Hall–Kier alpha value is -3.90. The topological polar surface area (TPSA) is 9.86 Å². The molecular formula is C36H26N2S3. The molecule has 0 saturated heterocycles. The van der Waals surface area contributed by atoms with Crippen molar-refractivity contribution in [3.8, 4) is 10.7 Å². The van der Waals surface area contributed by atoms with Gasteiger partial charge < -0.3 is 4.57 Å². The van der Waals surface area contributed by atoms with E-state index < -0.39 is 0 Å². The molecule has 0 unspecified atom stereocenters. The largest absolute Gasteiger partial charge is 0.308 e. The molecule has 5 heteroatoms. The maximum absolute atomic E-state index is 2.53. The lowest BCUT2D eigenvalue weighted by Gasteiger charge is -2.10. The number of hydrogen-bond donors (Lipinski definition) is 0. The molecule has 4 aromatic carbocycles. The highest BCUT2D eigenvalue weighted by Gasteiger charge is 2.23. The second kappa shape index (κ2) is 8.32. The van der Waals surface area contributed by atoms with Crippen LogP contribution in [-0.4, -0.2) is 9.13 Å². The van der Waals surface area contributed by atoms with Crippen LogP contribution in [0.15, 0.2) is 84.9 Å². The molecule has 198 valence electrons. The van der Waals surface area contributed by atoms with Gasteiger partial charge in [-0.2, -0.15) is 0 Å². The van der Waals surface area contributed by atoms with E-state index in [0.717, 1.165) is 0 Å². The quantitative estimate of drug-likeness (QED) is 0.192. The molecule has 0 saturated carbocycles. The molecule has 0 atom stereocenters. The van der Waals surface area contributed by atoms with Crippen molar-refractivity contribution in [1.29, 1.82) is 0 Å². The van der Waals surface area contributed by atoms with Crippen LogP contribution < -0.4 is 0 Å². The minimum atomic E-state index is 1.22. The summed E-state index contributed by atoms with van der Waals surface area (Å²) in [7, 11) is 0. The molecule has 41 heavy (non-hydrogen) atoms. The Kier molecular flexibility index (Phi) is 4.83. The van der Waals surface area contributed by atoms with Gasteiger partial charge in [0.25, 0.3) is 0 Å². The van der Waals surface area contributed by atoms with Gasteiger partial charge in [-0.1, -0.05) is 42.0 Å². The summed E-state index contributed by atoms with van der Waals surface area (Å²) < 4.78 is 10.5. The van der Waals surface area contributed by atoms with Gasteiger partial charge in [-0.15, -0.1) is 34.0 Å². The van der Waals surface area contributed by atoms with Gasteiger partial charge in [0.05, 0.1) is 31.5 Å². The van der Waals surface area contributed by atoms with Gasteiger partial charge in [0, 0.05) is 41.5 Å². The molecule has 0 bridgehead atoms. The molecule has 5 heterocycles. The molecule has 0 aliphatic heterocycles. The van der Waals surface area contributed by atoms with Gasteiger partial charge in [0.15, 0.2) is 0 Å². The summed E-state index contributed by atoms with van der Waals surface area (Å²) in [5, 5.41) is 6.63. The number of rotatable bonds is 2. The Bertz CT molecular complexity index is 2510. The maximum atomic E-state index is 2.53. The fourth-order valence-corrected chi connectivity index (χ4v) is 9.91. The first-order valence-electron chi connectivity index (χ1n) is 13.9. The zero-order chi connectivity index (χ0) is 27.6. The van der Waals surface area contributed by atoms with E-state index in [4.69, 9.17) is 0 Å². The molecule has 0 fully saturated rings. The van der Waals surface area contributed by atoms with Crippen molar-refractivity contribution in [3.05, 3.63) is 106 Å². The summed E-state index contributed by atoms with van der Waals surface area (Å²) in [6.45, 7) is 8.74. The van der Waals surface area contributed by atoms with Crippen LogP contribution >= 0.6 is 34.0 Å². The molecule has 0 N–H and O–H groups in total. The van der Waals surface area contributed by atoms with Crippen molar-refractivity contribution in [1.82, 2.24) is 9.13 Å². The summed E-state index contributed by atoms with van der Waals surface area (Å²) in [4.78, 5) is 1.33. The van der Waals surface area contributed by atoms with Crippen LogP contribution in [0, 0.1) is 27.7 Å². The van der Waals surface area contributed by atoms with Crippen molar-refractivity contribution in [2.75, 3.05) is 0 Å². The number of aromatic nitrogens is 2. The Morgan fingerprint density at radius 3 is 1.85 bits per heavy atom. The normalized spacial score (nSPS) is 12.4. The van der Waals surface area contributed by atoms with Crippen LogP contribution in [0.4, 0.5) is 0 Å². The lowest BCUT2D eigenvalue weighted by molar-refractivity contribution is 1.18. The predicted octanol–water partition coefficient (Wildman–Crippen LogP) is 11.6. The number of thiophene rings is 3. The van der Waals surface area contributed by atoms with Gasteiger partial charge in [-0.05, 0) is 87.4 Å². The van der Waals surface area contributed by atoms with Crippen LogP contribution in [-0.2, 0) is 0 Å². The monoisotopic (exact) mass is 582 g/mol. The number of nitrogens with zero attached hydrogens (tertiary/aromatic N) is 2. The zero-order valence-corrected chi connectivity index (χ0v) is 25.7. The van der Waals surface area contributed by atoms with Crippen molar-refractivity contribution in [2.45, 2.75) is 27.7 Å². The Balaban J connectivity index is 1.48. The average molecular weight is 583 g/mol. The molecule has 0 amide bonds. The second-order valence-electron chi connectivity index (χ2n) is 11.3. The third-order valence-corrected chi connectivity index (χ3v) is 11.7. The number of benzene rings is 4. The summed E-state index contributed by atoms with van der Waals surface area (Å²) in [6, 6.07) is 32.3. The third kappa shape index (κ3) is 3.28. The van der Waals surface area contributed by atoms with E-state index in [2.05, 4.69) is 122 Å². The van der Waals surface area contributed by atoms with Crippen molar-refractivity contribution in [2.24, 2.45) is 0 Å². The zero-order valence-electron chi connectivity index (χ0n) is 23.2. The Labute approximate surface area is 249 Å². The number of fused-ring (bicyclic) bond motifs is 10. The molecule has 2 nitrogen and oxygen atoms in total. The van der Waals surface area contributed by atoms with Gasteiger partial charge >= 0.3 is 0 Å². The molecular weight excluding hydrogens is 557 g/mol. The molecule has 0 aliphatic rings. The molecule has 0 radical (unpaired) electrons. The Morgan fingerprint density at radius 1 is 0.463 bits per heavy atom. The fourth-order valence-electron chi connectivity index (χ4n) is 6.48. The van der Waals surface area contributed by atoms with Crippen LogP contribution in [0.3, 0.4) is 0 Å². The lowest BCUT2D eigenvalue weighted by atomic mass is 10.1. The van der Waals surface area contributed by atoms with Crippen LogP contribution in [0.25, 0.3) is 73.1 Å². The SMILES string of the molecule is Cc1ccc(-n2c3cc(C)ccc3c3sc4cc5c6sc7cc(C)ccc7c6n(-c6ccc(C)s6)c5cc4c32)cc1. The fraction of sp³-hybridized carbons (Fsp3) is 0.111. The standard InChI is InChI=1S/C36H26N2S3/c1-19-5-10-23(11-6-19)37-28-15-20(2)7-12-24(28)35-34(37)27-17-29-26(18-31(27)41-35)36-33(38(29)32-14-9-22(4)39-32)25-13-8-21(3)16-30(25)40-36/h5-18H,1-4H3. The maximum Gasteiger partial charge on any atom is 0.100 e. The van der Waals surface area contributed by atoms with Crippen LogP contribution in [0.5, 0.6) is 0 Å². The van der Waals surface area contributed by atoms with Gasteiger partial charge in [-0.3, -0.25) is 4.57 Å². The van der Waals surface area contributed by atoms with E-state index in [1.807, 2.05) is 34.0 Å². The van der Waals surface area contributed by atoms with E-state index in [-0.39, 0.29) is 0 Å². The van der Waals surface area contributed by atoms with E-state index in [9.17, 15) is 0 Å². The smallest absolute Gasteiger partial charge is 0.100 e. The summed E-state index contributed by atoms with van der Waals surface area (Å²) >= 11 is 5.74. The molecule has 5 aromatic heterocycles. The minimum absolute atomic E-state index is 1.22. The van der Waals surface area contributed by atoms with Crippen LogP contribution in [0.2, 0.25) is 0 Å². The first-order chi connectivity index (χ1) is 19.9. The van der Waals surface area contributed by atoms with Gasteiger partial charge in [0.1, 0.15) is 5.00 Å². The van der Waals surface area contributed by atoms with Crippen molar-refractivity contribution >= 4 is 96.4 Å². The lowest BCUT2D eigenvalue weighted by Crippen LogP contribution is -1.94. The van der Waals surface area contributed by atoms with E-state index in [0.29, 0.717) is 0 Å². The molecule has 9 aromatic rings. The van der Waals surface area contributed by atoms with Crippen molar-refractivity contribution < 1.29 is 0 Å². The van der Waals surface area contributed by atoms with E-state index in [1.54, 1.807) is 0 Å². The van der Waals surface area contributed by atoms with E-state index >= 15 is 0 Å². The number of hydrogen-bond acceptors (Lipinski definition) is 3. The summed E-state index contributed by atoms with van der Waals surface area (Å²) in [5.41, 5.74) is 10.3. The number of aryl methyl sites for hydroxylation is 4. The first kappa shape index (κ1) is 23.8. The van der Waals surface area contributed by atoms with Crippen LogP contribution in [0.1, 0.15) is 21.6 Å². The highest BCUT2D eigenvalue weighted by Crippen LogP contribution is 2.48. The molecule has 9 rings (SSSR count). The highest BCUT2D eigenvalue weighted by atomic mass is 32.1. The highest BCUT2D eigenvalue weighted by molar-refractivity contribution is 7.27. The Morgan fingerprint density at radius 2 is 1.10 bits per heavy atom. The molecule has 0 aliphatic carbocycles. The minimum Gasteiger partial charge on any atom is -0.308 e. The second-order valence-corrected chi connectivity index (χ2v) is 14.7. The summed E-state index contributed by atoms with van der Waals surface area (Å²) in [5.74, 6) is 0. The molecule has 0 spiro atoms. The van der Waals surface area contributed by atoms with Gasteiger partial charge in [-0.25, -0.2) is 0 Å².